The Morgan fingerprint density at radius 1 is 1.65 bits per heavy atom. The van der Waals surface area contributed by atoms with E-state index < -0.39 is 5.91 Å². The van der Waals surface area contributed by atoms with Crippen LogP contribution in [0.2, 0.25) is 0 Å². The van der Waals surface area contributed by atoms with E-state index in [-0.39, 0.29) is 11.6 Å². The van der Waals surface area contributed by atoms with Crippen molar-refractivity contribution in [3.63, 3.8) is 0 Å². The Bertz CT molecular complexity index is 457. The zero-order valence-electron chi connectivity index (χ0n) is 10.3. The summed E-state index contributed by atoms with van der Waals surface area (Å²) in [5.41, 5.74) is 6.29. The highest BCUT2D eigenvalue weighted by atomic mass is 16.5. The lowest BCUT2D eigenvalue weighted by molar-refractivity contribution is 0.0614. The van der Waals surface area contributed by atoms with Crippen molar-refractivity contribution in [1.82, 2.24) is 10.3 Å². The Morgan fingerprint density at radius 2 is 2.35 bits per heavy atom. The van der Waals surface area contributed by atoms with Gasteiger partial charge >= 0.3 is 0 Å². The average molecular weight is 235 g/mol. The van der Waals surface area contributed by atoms with E-state index in [0.717, 1.165) is 12.0 Å². The molecule has 2 heterocycles. The molecule has 0 radical (unpaired) electrons. The second-order valence-corrected chi connectivity index (χ2v) is 4.89. The number of nitrogens with two attached hydrogens (primary N) is 1. The SMILES string of the molecule is CNC1CC(C)(C)Oc2ncc(C(N)=O)cc21. The summed E-state index contributed by atoms with van der Waals surface area (Å²) in [5, 5.41) is 3.21. The van der Waals surface area contributed by atoms with Gasteiger partial charge in [0.05, 0.1) is 5.56 Å². The molecule has 3 N–H and O–H groups in total. The molecule has 0 saturated heterocycles. The minimum absolute atomic E-state index is 0.126. The molecule has 1 aliphatic rings. The van der Waals surface area contributed by atoms with Crippen LogP contribution >= 0.6 is 0 Å². The van der Waals surface area contributed by atoms with Crippen molar-refractivity contribution >= 4 is 5.91 Å². The summed E-state index contributed by atoms with van der Waals surface area (Å²) in [6.07, 6.45) is 2.27. The highest BCUT2D eigenvalue weighted by molar-refractivity contribution is 5.92. The van der Waals surface area contributed by atoms with Gasteiger partial charge in [-0.25, -0.2) is 4.98 Å². The highest BCUT2D eigenvalue weighted by Crippen LogP contribution is 2.38. The molecular weight excluding hydrogens is 218 g/mol. The number of nitrogens with one attached hydrogen (secondary N) is 1. The van der Waals surface area contributed by atoms with E-state index in [1.54, 1.807) is 6.07 Å². The van der Waals surface area contributed by atoms with Crippen molar-refractivity contribution < 1.29 is 9.53 Å². The largest absolute Gasteiger partial charge is 0.471 e. The normalized spacial score (nSPS) is 21.5. The van der Waals surface area contributed by atoms with Crippen molar-refractivity contribution in [2.45, 2.75) is 31.9 Å². The van der Waals surface area contributed by atoms with Crippen molar-refractivity contribution in [2.75, 3.05) is 7.05 Å². The molecule has 0 aliphatic carbocycles. The minimum atomic E-state index is -0.472. The van der Waals surface area contributed by atoms with E-state index in [2.05, 4.69) is 10.3 Å². The Kier molecular flexibility index (Phi) is 2.79. The van der Waals surface area contributed by atoms with Gasteiger partial charge in [0.1, 0.15) is 5.60 Å². The summed E-state index contributed by atoms with van der Waals surface area (Å²) in [4.78, 5) is 15.3. The van der Waals surface area contributed by atoms with Crippen LogP contribution in [0.15, 0.2) is 12.3 Å². The summed E-state index contributed by atoms with van der Waals surface area (Å²) in [6, 6.07) is 1.88. The van der Waals surface area contributed by atoms with Gasteiger partial charge in [-0.2, -0.15) is 0 Å². The van der Waals surface area contributed by atoms with Gasteiger partial charge in [-0.3, -0.25) is 4.79 Å². The van der Waals surface area contributed by atoms with Gasteiger partial charge in [-0.05, 0) is 27.0 Å². The maximum absolute atomic E-state index is 11.1. The van der Waals surface area contributed by atoms with Crippen LogP contribution in [0.3, 0.4) is 0 Å². The molecule has 0 fully saturated rings. The second-order valence-electron chi connectivity index (χ2n) is 4.89. The molecule has 2 rings (SSSR count). The fraction of sp³-hybridized carbons (Fsp3) is 0.500. The summed E-state index contributed by atoms with van der Waals surface area (Å²) in [6.45, 7) is 4.04. The number of carbonyl (C=O) groups excluding carboxylic acids is 1. The molecule has 1 unspecified atom stereocenters. The maximum atomic E-state index is 11.1. The lowest BCUT2D eigenvalue weighted by Gasteiger charge is -2.36. The van der Waals surface area contributed by atoms with Gasteiger partial charge in [0.2, 0.25) is 11.8 Å². The fourth-order valence-electron chi connectivity index (χ4n) is 2.10. The van der Waals surface area contributed by atoms with Gasteiger partial charge in [-0.1, -0.05) is 0 Å². The number of amides is 1. The number of ether oxygens (including phenoxy) is 1. The van der Waals surface area contributed by atoms with E-state index in [1.165, 1.54) is 6.20 Å². The first-order valence-electron chi connectivity index (χ1n) is 5.59. The monoisotopic (exact) mass is 235 g/mol. The van der Waals surface area contributed by atoms with Crippen LogP contribution in [0.25, 0.3) is 0 Å². The molecule has 17 heavy (non-hydrogen) atoms. The first-order valence-corrected chi connectivity index (χ1v) is 5.59. The molecule has 0 saturated carbocycles. The number of primary amides is 1. The average Bonchev–Trinajstić information content (AvgIpc) is 2.26. The number of fused-ring (bicyclic) bond motifs is 1. The van der Waals surface area contributed by atoms with Gasteiger partial charge in [0, 0.05) is 24.2 Å². The van der Waals surface area contributed by atoms with E-state index in [1.807, 2.05) is 20.9 Å². The van der Waals surface area contributed by atoms with Crippen molar-refractivity contribution in [2.24, 2.45) is 5.73 Å². The molecule has 1 atom stereocenters. The third-order valence-corrected chi connectivity index (χ3v) is 2.96. The molecule has 1 aromatic rings. The minimum Gasteiger partial charge on any atom is -0.471 e. The number of pyridine rings is 1. The molecule has 5 heteroatoms. The number of hydrogen-bond acceptors (Lipinski definition) is 4. The smallest absolute Gasteiger partial charge is 0.250 e. The maximum Gasteiger partial charge on any atom is 0.250 e. The lowest BCUT2D eigenvalue weighted by Crippen LogP contribution is -2.39. The Hall–Kier alpha value is -1.62. The van der Waals surface area contributed by atoms with Crippen molar-refractivity contribution in [1.29, 1.82) is 0 Å². The topological polar surface area (TPSA) is 77.2 Å². The molecule has 1 aliphatic heterocycles. The fourth-order valence-corrected chi connectivity index (χ4v) is 2.10. The molecule has 5 nitrogen and oxygen atoms in total. The van der Waals surface area contributed by atoms with E-state index in [0.29, 0.717) is 11.4 Å². The van der Waals surface area contributed by atoms with Crippen LogP contribution < -0.4 is 15.8 Å². The number of carbonyl (C=O) groups is 1. The zero-order chi connectivity index (χ0) is 12.6. The first-order chi connectivity index (χ1) is 7.93. The number of hydrogen-bond donors (Lipinski definition) is 2. The molecule has 0 bridgehead atoms. The summed E-state index contributed by atoms with van der Waals surface area (Å²) >= 11 is 0. The Balaban J connectivity index is 2.46. The van der Waals surface area contributed by atoms with Gasteiger partial charge in [0.15, 0.2) is 0 Å². The highest BCUT2D eigenvalue weighted by Gasteiger charge is 2.34. The number of nitrogens with zero attached hydrogens (tertiary/aromatic N) is 1. The van der Waals surface area contributed by atoms with Crippen LogP contribution in [0.5, 0.6) is 5.88 Å². The van der Waals surface area contributed by atoms with Crippen LogP contribution in [-0.2, 0) is 0 Å². The summed E-state index contributed by atoms with van der Waals surface area (Å²) in [7, 11) is 1.88. The summed E-state index contributed by atoms with van der Waals surface area (Å²) in [5.74, 6) is 0.102. The molecule has 0 aromatic carbocycles. The lowest BCUT2D eigenvalue weighted by atomic mass is 9.90. The van der Waals surface area contributed by atoms with Gasteiger partial charge in [0.25, 0.3) is 0 Å². The van der Waals surface area contributed by atoms with Crippen LogP contribution in [0, 0.1) is 0 Å². The molecule has 92 valence electrons. The predicted octanol–water partition coefficient (Wildman–Crippen LogP) is 1.00. The van der Waals surface area contributed by atoms with Crippen LogP contribution in [0.4, 0.5) is 0 Å². The molecule has 1 amide bonds. The molecule has 0 spiro atoms. The zero-order valence-corrected chi connectivity index (χ0v) is 10.3. The predicted molar refractivity (Wildman–Crippen MR) is 63.9 cm³/mol. The second kappa shape index (κ2) is 4.00. The molecule has 1 aromatic heterocycles. The van der Waals surface area contributed by atoms with Crippen LogP contribution in [0.1, 0.15) is 42.2 Å². The van der Waals surface area contributed by atoms with E-state index >= 15 is 0 Å². The number of aromatic nitrogens is 1. The first kappa shape index (κ1) is 11.9. The van der Waals surface area contributed by atoms with Gasteiger partial charge in [-0.15, -0.1) is 0 Å². The van der Waals surface area contributed by atoms with Crippen molar-refractivity contribution in [3.8, 4) is 5.88 Å². The summed E-state index contributed by atoms with van der Waals surface area (Å²) < 4.78 is 5.78. The third kappa shape index (κ3) is 2.24. The van der Waals surface area contributed by atoms with Crippen molar-refractivity contribution in [3.05, 3.63) is 23.4 Å². The van der Waals surface area contributed by atoms with E-state index in [9.17, 15) is 4.79 Å². The quantitative estimate of drug-likeness (QED) is 0.801. The Morgan fingerprint density at radius 3 is 2.94 bits per heavy atom. The molecular formula is C12H17N3O2. The van der Waals surface area contributed by atoms with Gasteiger partial charge < -0.3 is 15.8 Å². The van der Waals surface area contributed by atoms with Crippen LogP contribution in [-0.4, -0.2) is 23.5 Å². The number of rotatable bonds is 2. The standard InChI is InChI=1S/C12H17N3O2/c1-12(2)5-9(14-3)8-4-7(10(13)16)6-15-11(8)17-12/h4,6,9,14H,5H2,1-3H3,(H2,13,16). The third-order valence-electron chi connectivity index (χ3n) is 2.96. The Labute approximate surface area is 100 Å². The van der Waals surface area contributed by atoms with E-state index in [4.69, 9.17) is 10.5 Å².